The van der Waals surface area contributed by atoms with E-state index in [0.717, 1.165) is 34.1 Å². The summed E-state index contributed by atoms with van der Waals surface area (Å²) in [5.74, 6) is -2.27. The quantitative estimate of drug-likeness (QED) is 0.394. The Labute approximate surface area is 174 Å². The molecule has 0 N–H and O–H groups in total. The number of carbonyl (C=O) groups is 4. The average Bonchev–Trinajstić information content (AvgIpc) is 3.04. The number of esters is 4. The van der Waals surface area contributed by atoms with Crippen LogP contribution in [0.1, 0.15) is 40.5 Å². The highest BCUT2D eigenvalue weighted by Gasteiger charge is 2.53. The van der Waals surface area contributed by atoms with Crippen molar-refractivity contribution in [2.45, 2.75) is 71.2 Å². The largest absolute Gasteiger partial charge is 0.456 e. The summed E-state index contributed by atoms with van der Waals surface area (Å²) >= 11 is 0. The fourth-order valence-electron chi connectivity index (χ4n) is 3.40. The molecule has 2 aliphatic heterocycles. The van der Waals surface area contributed by atoms with Crippen molar-refractivity contribution in [1.29, 1.82) is 0 Å². The molecule has 2 rings (SSSR count). The van der Waals surface area contributed by atoms with Gasteiger partial charge in [0.2, 0.25) is 12.4 Å². The van der Waals surface area contributed by atoms with E-state index in [9.17, 15) is 23.4 Å². The number of rotatable bonds is 7. The van der Waals surface area contributed by atoms with Crippen LogP contribution in [0.5, 0.6) is 0 Å². The van der Waals surface area contributed by atoms with Crippen LogP contribution in [0.2, 0.25) is 0 Å². The molecule has 0 spiro atoms. The zero-order valence-corrected chi connectivity index (χ0v) is 18.2. The number of ether oxygens (including phenoxy) is 5. The molecule has 1 saturated heterocycles. The first-order valence-corrected chi connectivity index (χ1v) is 11.4. The van der Waals surface area contributed by atoms with Crippen molar-refractivity contribution in [3.05, 3.63) is 0 Å². The fraction of sp³-hybridized carbons (Fsp3) is 0.778. The predicted octanol–water partition coefficient (Wildman–Crippen LogP) is 0.331. The molecular formula is C18H27NO10S. The number of nitrogens with zero attached hydrogens (tertiary/aromatic N) is 1. The van der Waals surface area contributed by atoms with Crippen molar-refractivity contribution in [3.8, 4) is 0 Å². The topological polar surface area (TPSA) is 144 Å². The SMILES string of the molecule is CC(=O)O[C@H]1O[C@H](CCS2(=O)=NCCC2)[C@@H](OC(C)=O)[C@H](OC(C)=O)[C@@H]1OC(C)=O. The highest BCUT2D eigenvalue weighted by atomic mass is 32.2. The van der Waals surface area contributed by atoms with Crippen LogP contribution >= 0.6 is 0 Å². The maximum absolute atomic E-state index is 12.7. The third-order valence-electron chi connectivity index (χ3n) is 4.45. The molecule has 0 amide bonds. The van der Waals surface area contributed by atoms with Gasteiger partial charge < -0.3 is 23.7 Å². The Hall–Kier alpha value is -2.21. The maximum Gasteiger partial charge on any atom is 0.305 e. The Bertz CT molecular complexity index is 803. The van der Waals surface area contributed by atoms with Gasteiger partial charge in [0, 0.05) is 55.5 Å². The van der Waals surface area contributed by atoms with Gasteiger partial charge in [0.15, 0.2) is 12.2 Å². The number of carbonyl (C=O) groups excluding carboxylic acids is 4. The molecule has 0 aliphatic carbocycles. The van der Waals surface area contributed by atoms with Gasteiger partial charge in [0.1, 0.15) is 6.10 Å². The van der Waals surface area contributed by atoms with Crippen LogP contribution in [0.25, 0.3) is 0 Å². The molecular weight excluding hydrogens is 422 g/mol. The summed E-state index contributed by atoms with van der Waals surface area (Å²) in [5.41, 5.74) is 0. The van der Waals surface area contributed by atoms with Gasteiger partial charge in [-0.3, -0.25) is 19.2 Å². The lowest BCUT2D eigenvalue weighted by atomic mass is 9.96. The molecule has 170 valence electrons. The van der Waals surface area contributed by atoms with Gasteiger partial charge in [-0.15, -0.1) is 0 Å². The summed E-state index contributed by atoms with van der Waals surface area (Å²) in [4.78, 5) is 46.6. The highest BCUT2D eigenvalue weighted by molar-refractivity contribution is 7.93. The smallest absolute Gasteiger partial charge is 0.305 e. The van der Waals surface area contributed by atoms with Crippen LogP contribution in [-0.4, -0.2) is 76.8 Å². The van der Waals surface area contributed by atoms with E-state index < -0.39 is 64.3 Å². The lowest BCUT2D eigenvalue weighted by Gasteiger charge is -2.44. The monoisotopic (exact) mass is 449 g/mol. The minimum absolute atomic E-state index is 0.128. The Morgan fingerprint density at radius 3 is 1.90 bits per heavy atom. The molecule has 6 atom stereocenters. The molecule has 0 aromatic carbocycles. The molecule has 2 aliphatic rings. The van der Waals surface area contributed by atoms with Crippen LogP contribution < -0.4 is 0 Å². The Kier molecular flexibility index (Phi) is 8.18. The summed E-state index contributed by atoms with van der Waals surface area (Å²) in [6.07, 6.45) is -5.33. The standard InChI is InChI=1S/C18H27NO10S/c1-10(20)25-15-14(6-9-30(24)8-5-7-19-30)29-18(28-13(4)23)17(27-12(3)22)16(15)26-11(2)21/h14-18H,5-9H2,1-4H3/t14-,15-,16+,17+,18+,30?/m1/s1. The zero-order chi connectivity index (χ0) is 22.5. The van der Waals surface area contributed by atoms with Crippen LogP contribution in [0, 0.1) is 0 Å². The zero-order valence-electron chi connectivity index (χ0n) is 17.4. The van der Waals surface area contributed by atoms with Crippen molar-refractivity contribution >= 4 is 33.6 Å². The van der Waals surface area contributed by atoms with E-state index in [1.807, 2.05) is 0 Å². The van der Waals surface area contributed by atoms with Gasteiger partial charge in [0.05, 0.1) is 0 Å². The highest BCUT2D eigenvalue weighted by Crippen LogP contribution is 2.31. The first-order chi connectivity index (χ1) is 14.0. The lowest BCUT2D eigenvalue weighted by molar-refractivity contribution is -0.295. The molecule has 11 nitrogen and oxygen atoms in total. The summed E-state index contributed by atoms with van der Waals surface area (Å²) in [6.45, 7) is 5.06. The molecule has 30 heavy (non-hydrogen) atoms. The van der Waals surface area contributed by atoms with E-state index in [0.29, 0.717) is 12.3 Å². The average molecular weight is 449 g/mol. The Balaban J connectivity index is 2.37. The minimum Gasteiger partial charge on any atom is -0.456 e. The van der Waals surface area contributed by atoms with Crippen LogP contribution in [0.3, 0.4) is 0 Å². The summed E-state index contributed by atoms with van der Waals surface area (Å²) in [5, 5.41) is 0. The Morgan fingerprint density at radius 1 is 0.867 bits per heavy atom. The van der Waals surface area contributed by atoms with E-state index in [1.54, 1.807) is 0 Å². The maximum atomic E-state index is 12.7. The fourth-order valence-corrected chi connectivity index (χ4v) is 5.50. The second-order valence-corrected chi connectivity index (χ2v) is 9.67. The van der Waals surface area contributed by atoms with E-state index >= 15 is 0 Å². The van der Waals surface area contributed by atoms with E-state index in [2.05, 4.69) is 4.36 Å². The van der Waals surface area contributed by atoms with Crippen molar-refractivity contribution in [1.82, 2.24) is 0 Å². The molecule has 0 saturated carbocycles. The van der Waals surface area contributed by atoms with Crippen molar-refractivity contribution < 1.29 is 47.1 Å². The van der Waals surface area contributed by atoms with Crippen molar-refractivity contribution in [3.63, 3.8) is 0 Å². The number of hydrogen-bond donors (Lipinski definition) is 0. The first kappa shape index (κ1) is 24.1. The minimum atomic E-state index is -2.41. The van der Waals surface area contributed by atoms with E-state index in [4.69, 9.17) is 23.7 Å². The van der Waals surface area contributed by atoms with Gasteiger partial charge in [-0.05, 0) is 12.8 Å². The number of hydrogen-bond acceptors (Lipinski definition) is 11. The summed E-state index contributed by atoms with van der Waals surface area (Å²) in [7, 11) is -2.41. The third-order valence-corrected chi connectivity index (χ3v) is 6.90. The first-order valence-electron chi connectivity index (χ1n) is 9.53. The molecule has 1 fully saturated rings. The van der Waals surface area contributed by atoms with E-state index in [1.165, 1.54) is 0 Å². The molecule has 0 bridgehead atoms. The molecule has 0 aromatic heterocycles. The molecule has 12 heteroatoms. The second kappa shape index (κ2) is 10.2. The molecule has 0 aromatic rings. The van der Waals surface area contributed by atoms with Gasteiger partial charge in [0.25, 0.3) is 0 Å². The second-order valence-electron chi connectivity index (χ2n) is 7.05. The van der Waals surface area contributed by atoms with Gasteiger partial charge >= 0.3 is 23.9 Å². The van der Waals surface area contributed by atoms with Crippen molar-refractivity contribution in [2.24, 2.45) is 4.36 Å². The summed E-state index contributed by atoms with van der Waals surface area (Å²) in [6, 6.07) is 0. The van der Waals surface area contributed by atoms with Gasteiger partial charge in [-0.25, -0.2) is 8.57 Å². The molecule has 2 heterocycles. The third kappa shape index (κ3) is 6.66. The molecule has 1 unspecified atom stereocenters. The van der Waals surface area contributed by atoms with Gasteiger partial charge in [-0.2, -0.15) is 0 Å². The molecule has 0 radical (unpaired) electrons. The predicted molar refractivity (Wildman–Crippen MR) is 101 cm³/mol. The van der Waals surface area contributed by atoms with Gasteiger partial charge in [-0.1, -0.05) is 0 Å². The van der Waals surface area contributed by atoms with Crippen LogP contribution in [0.15, 0.2) is 4.36 Å². The van der Waals surface area contributed by atoms with Crippen molar-refractivity contribution in [2.75, 3.05) is 18.1 Å². The summed E-state index contributed by atoms with van der Waals surface area (Å²) < 4.78 is 43.6. The Morgan fingerprint density at radius 2 is 1.40 bits per heavy atom. The van der Waals surface area contributed by atoms with E-state index in [-0.39, 0.29) is 12.2 Å². The normalized spacial score (nSPS) is 33.1. The van der Waals surface area contributed by atoms with Crippen LogP contribution in [0.4, 0.5) is 0 Å². The van der Waals surface area contributed by atoms with Crippen LogP contribution in [-0.2, 0) is 52.6 Å². The lowest BCUT2D eigenvalue weighted by Crippen LogP contribution is -2.62.